The number of hydrogen-bond acceptors (Lipinski definition) is 5. The number of carbonyl (C=O) groups excluding carboxylic acids is 2. The fourth-order valence-electron chi connectivity index (χ4n) is 5.09. The van der Waals surface area contributed by atoms with Crippen LogP contribution in [0.4, 0.5) is 22.8 Å². The summed E-state index contributed by atoms with van der Waals surface area (Å²) in [5.74, 6) is -0.735. The van der Waals surface area contributed by atoms with Crippen LogP contribution < -0.4 is 5.32 Å². The van der Waals surface area contributed by atoms with Gasteiger partial charge in [-0.2, -0.15) is 13.2 Å². The molecule has 1 aliphatic carbocycles. The molecule has 4 aliphatic rings. The lowest BCUT2D eigenvalue weighted by molar-refractivity contribution is -0.145. The van der Waals surface area contributed by atoms with Crippen molar-refractivity contribution in [2.24, 2.45) is 11.3 Å². The van der Waals surface area contributed by atoms with Crippen molar-refractivity contribution in [2.45, 2.75) is 31.0 Å². The Balaban J connectivity index is 1.06. The summed E-state index contributed by atoms with van der Waals surface area (Å²) >= 11 is 0. The topological polar surface area (TPSA) is 87.7 Å². The molecule has 8 nitrogen and oxygen atoms in total. The number of carbonyl (C=O) groups is 2. The molecule has 29 heavy (non-hydrogen) atoms. The third-order valence-electron chi connectivity index (χ3n) is 6.35. The van der Waals surface area contributed by atoms with Gasteiger partial charge in [0.1, 0.15) is 12.1 Å². The van der Waals surface area contributed by atoms with Gasteiger partial charge in [-0.25, -0.2) is 19.6 Å². The Bertz CT molecular complexity index is 839. The van der Waals surface area contributed by atoms with Crippen LogP contribution >= 0.6 is 0 Å². The molecule has 0 unspecified atom stereocenters. The van der Waals surface area contributed by atoms with Crippen molar-refractivity contribution in [2.75, 3.05) is 32.8 Å². The predicted molar refractivity (Wildman–Crippen MR) is 91.7 cm³/mol. The Morgan fingerprint density at radius 3 is 2.34 bits per heavy atom. The number of ether oxygens (including phenoxy) is 1. The van der Waals surface area contributed by atoms with Crippen molar-refractivity contribution in [3.63, 3.8) is 0 Å². The third-order valence-corrected chi connectivity index (χ3v) is 6.35. The molecule has 0 bridgehead atoms. The van der Waals surface area contributed by atoms with Gasteiger partial charge in [0.05, 0.1) is 13.1 Å². The van der Waals surface area contributed by atoms with E-state index in [1.165, 1.54) is 12.4 Å². The molecule has 3 amide bonds. The third kappa shape index (κ3) is 3.16. The number of halogens is 3. The zero-order valence-corrected chi connectivity index (χ0v) is 15.5. The van der Waals surface area contributed by atoms with E-state index in [1.54, 1.807) is 4.90 Å². The number of nitrogens with zero attached hydrogens (tertiary/aromatic N) is 4. The molecule has 4 heterocycles. The van der Waals surface area contributed by atoms with Crippen LogP contribution in [-0.2, 0) is 17.3 Å². The van der Waals surface area contributed by atoms with Crippen molar-refractivity contribution >= 4 is 12.1 Å². The van der Waals surface area contributed by atoms with E-state index in [2.05, 4.69) is 15.3 Å². The summed E-state index contributed by atoms with van der Waals surface area (Å²) in [6.45, 7) is 2.65. The van der Waals surface area contributed by atoms with E-state index in [0.29, 0.717) is 50.7 Å². The molecule has 1 saturated carbocycles. The Kier molecular flexibility index (Phi) is 3.79. The monoisotopic (exact) mass is 411 g/mol. The average Bonchev–Trinajstić information content (AvgIpc) is 2.96. The number of nitrogens with one attached hydrogen (secondary N) is 1. The van der Waals surface area contributed by atoms with Gasteiger partial charge in [0.2, 0.25) is 5.82 Å². The molecular weight excluding hydrogens is 391 g/mol. The number of aromatic nitrogens is 2. The molecule has 3 aliphatic heterocycles. The van der Waals surface area contributed by atoms with Crippen LogP contribution in [0.5, 0.6) is 0 Å². The Hall–Kier alpha value is -2.59. The van der Waals surface area contributed by atoms with Crippen LogP contribution in [0.2, 0.25) is 0 Å². The molecule has 156 valence electrons. The van der Waals surface area contributed by atoms with Crippen molar-refractivity contribution < 1.29 is 27.5 Å². The molecule has 11 heteroatoms. The summed E-state index contributed by atoms with van der Waals surface area (Å²) < 4.78 is 42.5. The minimum Gasteiger partial charge on any atom is -0.447 e. The molecule has 3 saturated heterocycles. The number of hydrogen-bond donors (Lipinski definition) is 1. The zero-order valence-electron chi connectivity index (χ0n) is 15.5. The molecular formula is C18H20F3N5O3. The molecule has 4 fully saturated rings. The van der Waals surface area contributed by atoms with E-state index < -0.39 is 23.6 Å². The molecule has 0 radical (unpaired) electrons. The Morgan fingerprint density at radius 2 is 1.79 bits per heavy atom. The van der Waals surface area contributed by atoms with E-state index in [4.69, 9.17) is 4.74 Å². The first kappa shape index (κ1) is 18.4. The lowest BCUT2D eigenvalue weighted by Crippen LogP contribution is -2.74. The predicted octanol–water partition coefficient (Wildman–Crippen LogP) is 1.66. The normalized spacial score (nSPS) is 24.6. The first-order valence-corrected chi connectivity index (χ1v) is 9.52. The standard InChI is InChI=1S/C18H20F3N5O3/c19-18(20,21)13-22-4-12(5-23-13)1-11-2-16(3-11)6-25(7-16)15(28)26-8-17(9-26)10-29-14(27)24-17/h4-5,11H,1-3,6-10H2,(H,24,27). The fraction of sp³-hybridized carbons (Fsp3) is 0.667. The van der Waals surface area contributed by atoms with E-state index in [1.807, 2.05) is 4.90 Å². The summed E-state index contributed by atoms with van der Waals surface area (Å²) in [6.07, 6.45) is 0.108. The van der Waals surface area contributed by atoms with Crippen molar-refractivity contribution in [1.29, 1.82) is 0 Å². The van der Waals surface area contributed by atoms with Crippen molar-refractivity contribution in [3.05, 3.63) is 23.8 Å². The maximum Gasteiger partial charge on any atom is 0.451 e. The van der Waals surface area contributed by atoms with Gasteiger partial charge >= 0.3 is 18.3 Å². The minimum absolute atomic E-state index is 0.0120. The van der Waals surface area contributed by atoms with Crippen molar-refractivity contribution in [3.8, 4) is 0 Å². The summed E-state index contributed by atoms with van der Waals surface area (Å²) in [4.78, 5) is 34.1. The van der Waals surface area contributed by atoms with Crippen LogP contribution in [0, 0.1) is 11.3 Å². The quantitative estimate of drug-likeness (QED) is 0.800. The van der Waals surface area contributed by atoms with E-state index >= 15 is 0 Å². The summed E-state index contributed by atoms with van der Waals surface area (Å²) in [7, 11) is 0. The summed E-state index contributed by atoms with van der Waals surface area (Å²) in [5.41, 5.74) is 0.429. The van der Waals surface area contributed by atoms with Gasteiger partial charge in [-0.1, -0.05) is 0 Å². The molecule has 1 aromatic heterocycles. The maximum atomic E-state index is 12.5. The van der Waals surface area contributed by atoms with E-state index in [9.17, 15) is 22.8 Å². The highest BCUT2D eigenvalue weighted by molar-refractivity contribution is 5.78. The van der Waals surface area contributed by atoms with Gasteiger partial charge in [0.25, 0.3) is 0 Å². The number of alkyl carbamates (subject to hydrolysis) is 1. The second-order valence-corrected chi connectivity index (χ2v) is 8.87. The zero-order chi connectivity index (χ0) is 20.4. The summed E-state index contributed by atoms with van der Waals surface area (Å²) in [5, 5.41) is 2.76. The number of likely N-dealkylation sites (tertiary alicyclic amines) is 2. The molecule has 1 N–H and O–H groups in total. The highest BCUT2D eigenvalue weighted by Crippen LogP contribution is 2.53. The Labute approximate surface area is 164 Å². The molecule has 5 rings (SSSR count). The average molecular weight is 411 g/mol. The minimum atomic E-state index is -4.52. The smallest absolute Gasteiger partial charge is 0.447 e. The van der Waals surface area contributed by atoms with Crippen LogP contribution in [-0.4, -0.2) is 70.2 Å². The molecule has 0 atom stereocenters. The SMILES string of the molecule is O=C1NC2(CO1)CN(C(=O)N1CC3(CC(Cc4cnc(C(F)(F)F)nc4)C3)C1)C2. The number of rotatable bonds is 2. The highest BCUT2D eigenvalue weighted by atomic mass is 19.4. The van der Waals surface area contributed by atoms with Gasteiger partial charge in [0, 0.05) is 30.9 Å². The van der Waals surface area contributed by atoms with Gasteiger partial charge < -0.3 is 19.9 Å². The van der Waals surface area contributed by atoms with Gasteiger partial charge in [-0.05, 0) is 30.7 Å². The van der Waals surface area contributed by atoms with Gasteiger partial charge in [-0.15, -0.1) is 0 Å². The van der Waals surface area contributed by atoms with Crippen LogP contribution in [0.3, 0.4) is 0 Å². The lowest BCUT2D eigenvalue weighted by Gasteiger charge is -2.60. The number of amides is 3. The van der Waals surface area contributed by atoms with Gasteiger partial charge in [-0.3, -0.25) is 0 Å². The number of alkyl halides is 3. The largest absolute Gasteiger partial charge is 0.451 e. The highest BCUT2D eigenvalue weighted by Gasteiger charge is 2.57. The van der Waals surface area contributed by atoms with E-state index in [-0.39, 0.29) is 11.4 Å². The second-order valence-electron chi connectivity index (χ2n) is 8.87. The second kappa shape index (κ2) is 5.96. The molecule has 1 aromatic rings. The van der Waals surface area contributed by atoms with Crippen LogP contribution in [0.1, 0.15) is 24.2 Å². The fourth-order valence-corrected chi connectivity index (χ4v) is 5.09. The first-order chi connectivity index (χ1) is 13.7. The molecule has 2 spiro atoms. The van der Waals surface area contributed by atoms with Crippen molar-refractivity contribution in [1.82, 2.24) is 25.1 Å². The van der Waals surface area contributed by atoms with E-state index in [0.717, 1.165) is 12.8 Å². The van der Waals surface area contributed by atoms with Crippen LogP contribution in [0.25, 0.3) is 0 Å². The Morgan fingerprint density at radius 1 is 1.17 bits per heavy atom. The molecule has 0 aromatic carbocycles. The summed E-state index contributed by atoms with van der Waals surface area (Å²) in [6, 6.07) is -0.0120. The maximum absolute atomic E-state index is 12.5. The van der Waals surface area contributed by atoms with Gasteiger partial charge in [0.15, 0.2) is 0 Å². The lowest BCUT2D eigenvalue weighted by atomic mass is 9.56. The van der Waals surface area contributed by atoms with Crippen LogP contribution in [0.15, 0.2) is 12.4 Å². The number of urea groups is 1. The first-order valence-electron chi connectivity index (χ1n) is 9.52. The number of cyclic esters (lactones) is 1.